The minimum Gasteiger partial charge on any atom is -0.385 e. The molecule has 1 aliphatic rings. The van der Waals surface area contributed by atoms with E-state index < -0.39 is 0 Å². The van der Waals surface area contributed by atoms with Gasteiger partial charge >= 0.3 is 0 Å². The lowest BCUT2D eigenvalue weighted by molar-refractivity contribution is -0.128. The molecule has 1 unspecified atom stereocenters. The van der Waals surface area contributed by atoms with E-state index in [1.165, 1.54) is 0 Å². The van der Waals surface area contributed by atoms with Gasteiger partial charge in [0.25, 0.3) is 0 Å². The molecule has 1 N–H and O–H groups in total. The summed E-state index contributed by atoms with van der Waals surface area (Å²) in [7, 11) is 1.65. The number of para-hydroxylation sites is 1. The molecule has 0 bridgehead atoms. The van der Waals surface area contributed by atoms with Gasteiger partial charge in [0.2, 0.25) is 11.8 Å². The Balaban J connectivity index is 1.96. The largest absolute Gasteiger partial charge is 0.385 e. The average molecular weight is 318 g/mol. The molecule has 1 fully saturated rings. The first-order valence-electron chi connectivity index (χ1n) is 8.19. The van der Waals surface area contributed by atoms with Crippen LogP contribution in [0.1, 0.15) is 38.2 Å². The van der Waals surface area contributed by atoms with E-state index in [2.05, 4.69) is 19.2 Å². The summed E-state index contributed by atoms with van der Waals surface area (Å²) in [6, 6.07) is 7.83. The average Bonchev–Trinajstić information content (AvgIpc) is 2.89. The minimum atomic E-state index is -0.273. The Morgan fingerprint density at radius 2 is 2.13 bits per heavy atom. The van der Waals surface area contributed by atoms with Gasteiger partial charge in [-0.15, -0.1) is 0 Å². The molecule has 0 spiro atoms. The van der Waals surface area contributed by atoms with E-state index in [-0.39, 0.29) is 17.7 Å². The second-order valence-corrected chi connectivity index (χ2v) is 6.32. The van der Waals surface area contributed by atoms with Crippen LogP contribution in [0.4, 0.5) is 5.69 Å². The number of rotatable bonds is 7. The van der Waals surface area contributed by atoms with Crippen LogP contribution in [0.25, 0.3) is 0 Å². The normalized spacial score (nSPS) is 17.8. The van der Waals surface area contributed by atoms with Crippen molar-refractivity contribution in [2.45, 2.75) is 32.6 Å². The zero-order valence-corrected chi connectivity index (χ0v) is 14.2. The zero-order chi connectivity index (χ0) is 16.8. The highest BCUT2D eigenvalue weighted by Crippen LogP contribution is 2.26. The van der Waals surface area contributed by atoms with Crippen molar-refractivity contribution in [1.82, 2.24) is 4.90 Å². The van der Waals surface area contributed by atoms with E-state index in [0.29, 0.717) is 32.0 Å². The maximum atomic E-state index is 12.5. The van der Waals surface area contributed by atoms with Gasteiger partial charge in [-0.25, -0.2) is 0 Å². The number of carbonyl (C=O) groups is 2. The van der Waals surface area contributed by atoms with Gasteiger partial charge in [-0.05, 0) is 24.0 Å². The van der Waals surface area contributed by atoms with Crippen molar-refractivity contribution in [3.8, 4) is 0 Å². The van der Waals surface area contributed by atoms with Crippen molar-refractivity contribution in [3.63, 3.8) is 0 Å². The Bertz CT molecular complexity index is 557. The summed E-state index contributed by atoms with van der Waals surface area (Å²) in [6.45, 7) is 5.98. The first kappa shape index (κ1) is 17.5. The Labute approximate surface area is 138 Å². The quantitative estimate of drug-likeness (QED) is 0.786. The molecule has 1 aromatic rings. The predicted molar refractivity (Wildman–Crippen MR) is 90.3 cm³/mol. The third kappa shape index (κ3) is 4.55. The van der Waals surface area contributed by atoms with Crippen molar-refractivity contribution >= 4 is 17.5 Å². The van der Waals surface area contributed by atoms with Crippen LogP contribution in [0.3, 0.4) is 0 Å². The number of carbonyl (C=O) groups excluding carboxylic acids is 2. The third-order valence-electron chi connectivity index (χ3n) is 4.20. The van der Waals surface area contributed by atoms with Gasteiger partial charge in [0.05, 0.1) is 5.92 Å². The minimum absolute atomic E-state index is 0.0541. The lowest BCUT2D eigenvalue weighted by Crippen LogP contribution is -2.29. The summed E-state index contributed by atoms with van der Waals surface area (Å²) < 4.78 is 5.01. The summed E-state index contributed by atoms with van der Waals surface area (Å²) in [4.78, 5) is 26.3. The maximum absolute atomic E-state index is 12.5. The highest BCUT2D eigenvalue weighted by Gasteiger charge is 2.34. The molecule has 0 saturated carbocycles. The standard InChI is InChI=1S/C18H26N2O3/c1-13(2)15-7-4-5-8-16(15)19-18(22)14-11-17(21)20(12-14)9-6-10-23-3/h4-5,7-8,13-14H,6,9-12H2,1-3H3,(H,19,22). The Kier molecular flexibility index (Phi) is 6.16. The SMILES string of the molecule is COCCCN1CC(C(=O)Nc2ccccc2C(C)C)CC1=O. The molecule has 126 valence electrons. The molecule has 0 radical (unpaired) electrons. The number of nitrogens with one attached hydrogen (secondary N) is 1. The van der Waals surface area contributed by atoms with Crippen LogP contribution in [0.5, 0.6) is 0 Å². The molecular formula is C18H26N2O3. The van der Waals surface area contributed by atoms with Gasteiger partial charge in [0.1, 0.15) is 0 Å². The molecule has 2 rings (SSSR count). The molecule has 1 atom stereocenters. The van der Waals surface area contributed by atoms with E-state index >= 15 is 0 Å². The fourth-order valence-electron chi connectivity index (χ4n) is 2.91. The van der Waals surface area contributed by atoms with E-state index in [9.17, 15) is 9.59 Å². The van der Waals surface area contributed by atoms with Crippen LogP contribution in [0, 0.1) is 5.92 Å². The van der Waals surface area contributed by atoms with E-state index in [1.54, 1.807) is 12.0 Å². The lowest BCUT2D eigenvalue weighted by atomic mass is 10.0. The number of likely N-dealkylation sites (tertiary alicyclic amines) is 1. The first-order valence-corrected chi connectivity index (χ1v) is 8.19. The molecule has 0 aromatic heterocycles. The number of methoxy groups -OCH3 is 1. The molecule has 1 heterocycles. The number of anilines is 1. The summed E-state index contributed by atoms with van der Waals surface area (Å²) in [6.07, 6.45) is 1.09. The molecule has 5 nitrogen and oxygen atoms in total. The van der Waals surface area contributed by atoms with Crippen LogP contribution in [-0.2, 0) is 14.3 Å². The van der Waals surface area contributed by atoms with Crippen molar-refractivity contribution in [3.05, 3.63) is 29.8 Å². The molecule has 5 heteroatoms. The van der Waals surface area contributed by atoms with Crippen LogP contribution < -0.4 is 5.32 Å². The molecule has 1 saturated heterocycles. The molecule has 23 heavy (non-hydrogen) atoms. The molecule has 2 amide bonds. The fourth-order valence-corrected chi connectivity index (χ4v) is 2.91. The second-order valence-electron chi connectivity index (χ2n) is 6.32. The lowest BCUT2D eigenvalue weighted by Gasteiger charge is -2.17. The summed E-state index contributed by atoms with van der Waals surface area (Å²) >= 11 is 0. The number of nitrogens with zero attached hydrogens (tertiary/aromatic N) is 1. The van der Waals surface area contributed by atoms with E-state index in [1.807, 2.05) is 24.3 Å². The highest BCUT2D eigenvalue weighted by molar-refractivity contribution is 5.97. The zero-order valence-electron chi connectivity index (χ0n) is 14.2. The van der Waals surface area contributed by atoms with Crippen molar-refractivity contribution in [1.29, 1.82) is 0 Å². The van der Waals surface area contributed by atoms with E-state index in [4.69, 9.17) is 4.74 Å². The van der Waals surface area contributed by atoms with Crippen molar-refractivity contribution < 1.29 is 14.3 Å². The number of amides is 2. The molecule has 0 aliphatic carbocycles. The number of ether oxygens (including phenoxy) is 1. The van der Waals surface area contributed by atoms with Gasteiger partial charge < -0.3 is 15.0 Å². The van der Waals surface area contributed by atoms with Crippen LogP contribution in [0.15, 0.2) is 24.3 Å². The van der Waals surface area contributed by atoms with Crippen LogP contribution >= 0.6 is 0 Å². The summed E-state index contributed by atoms with van der Waals surface area (Å²) in [5.74, 6) is 0.0478. The summed E-state index contributed by atoms with van der Waals surface area (Å²) in [5, 5.41) is 3.00. The first-order chi connectivity index (χ1) is 11.0. The summed E-state index contributed by atoms with van der Waals surface area (Å²) in [5.41, 5.74) is 1.96. The van der Waals surface area contributed by atoms with Gasteiger partial charge in [-0.2, -0.15) is 0 Å². The van der Waals surface area contributed by atoms with E-state index in [0.717, 1.165) is 17.7 Å². The van der Waals surface area contributed by atoms with Crippen LogP contribution in [0.2, 0.25) is 0 Å². The topological polar surface area (TPSA) is 58.6 Å². The number of benzene rings is 1. The Hall–Kier alpha value is -1.88. The maximum Gasteiger partial charge on any atom is 0.229 e. The van der Waals surface area contributed by atoms with Gasteiger partial charge in [-0.1, -0.05) is 32.0 Å². The van der Waals surface area contributed by atoms with Crippen molar-refractivity contribution in [2.24, 2.45) is 5.92 Å². The predicted octanol–water partition coefficient (Wildman–Crippen LogP) is 2.63. The Morgan fingerprint density at radius 3 is 2.83 bits per heavy atom. The number of hydrogen-bond acceptors (Lipinski definition) is 3. The molecular weight excluding hydrogens is 292 g/mol. The molecule has 1 aliphatic heterocycles. The number of hydrogen-bond donors (Lipinski definition) is 1. The van der Waals surface area contributed by atoms with Gasteiger partial charge in [0.15, 0.2) is 0 Å². The fraction of sp³-hybridized carbons (Fsp3) is 0.556. The highest BCUT2D eigenvalue weighted by atomic mass is 16.5. The second kappa shape index (κ2) is 8.11. The smallest absolute Gasteiger partial charge is 0.229 e. The van der Waals surface area contributed by atoms with Gasteiger partial charge in [0, 0.05) is 38.9 Å². The third-order valence-corrected chi connectivity index (χ3v) is 4.20. The van der Waals surface area contributed by atoms with Gasteiger partial charge in [-0.3, -0.25) is 9.59 Å². The monoisotopic (exact) mass is 318 g/mol. The van der Waals surface area contributed by atoms with Crippen LogP contribution in [-0.4, -0.2) is 43.5 Å². The Morgan fingerprint density at radius 1 is 1.39 bits per heavy atom. The molecule has 1 aromatic carbocycles. The van der Waals surface area contributed by atoms with Crippen molar-refractivity contribution in [2.75, 3.05) is 32.1 Å².